The van der Waals surface area contributed by atoms with Gasteiger partial charge in [0, 0.05) is 30.7 Å². The van der Waals surface area contributed by atoms with Gasteiger partial charge in [-0.3, -0.25) is 4.90 Å². The Kier molecular flexibility index (Phi) is 4.99. The van der Waals surface area contributed by atoms with Crippen LogP contribution in [0.15, 0.2) is 24.3 Å². The van der Waals surface area contributed by atoms with E-state index in [-0.39, 0.29) is 0 Å². The zero-order valence-electron chi connectivity index (χ0n) is 10.9. The summed E-state index contributed by atoms with van der Waals surface area (Å²) in [6, 6.07) is 10.9. The van der Waals surface area contributed by atoms with Crippen LogP contribution in [-0.2, 0) is 0 Å². The molecular formula is C14H21N3. The van der Waals surface area contributed by atoms with E-state index in [9.17, 15) is 0 Å². The van der Waals surface area contributed by atoms with E-state index in [4.69, 9.17) is 11.0 Å². The Morgan fingerprint density at radius 1 is 1.24 bits per heavy atom. The second-order valence-corrected chi connectivity index (χ2v) is 4.58. The molecule has 0 amide bonds. The summed E-state index contributed by atoms with van der Waals surface area (Å²) >= 11 is 0. The monoisotopic (exact) mass is 231 g/mol. The number of nitrogens with two attached hydrogens (primary N) is 1. The summed E-state index contributed by atoms with van der Waals surface area (Å²) in [5.74, 6) is 0. The van der Waals surface area contributed by atoms with Crippen LogP contribution in [0, 0.1) is 11.3 Å². The Labute approximate surface area is 104 Å². The molecule has 1 atom stereocenters. The largest absolute Gasteiger partial charge is 0.399 e. The first-order chi connectivity index (χ1) is 8.06. The second-order valence-electron chi connectivity index (χ2n) is 4.58. The molecule has 3 heteroatoms. The van der Waals surface area contributed by atoms with E-state index in [1.807, 2.05) is 12.1 Å². The number of hydrogen-bond donors (Lipinski definition) is 1. The molecule has 92 valence electrons. The van der Waals surface area contributed by atoms with Crippen molar-refractivity contribution in [3.8, 4) is 6.07 Å². The lowest BCUT2D eigenvalue weighted by atomic mass is 10.0. The number of nitriles is 1. The Morgan fingerprint density at radius 3 is 2.29 bits per heavy atom. The highest BCUT2D eigenvalue weighted by Crippen LogP contribution is 2.23. The van der Waals surface area contributed by atoms with Gasteiger partial charge in [-0.25, -0.2) is 0 Å². The van der Waals surface area contributed by atoms with Gasteiger partial charge in [-0.05, 0) is 38.5 Å². The summed E-state index contributed by atoms with van der Waals surface area (Å²) in [7, 11) is 0. The molecule has 17 heavy (non-hydrogen) atoms. The number of rotatable bonds is 5. The van der Waals surface area contributed by atoms with Crippen molar-refractivity contribution in [3.63, 3.8) is 0 Å². The molecule has 1 unspecified atom stereocenters. The van der Waals surface area contributed by atoms with Crippen LogP contribution < -0.4 is 5.73 Å². The minimum Gasteiger partial charge on any atom is -0.399 e. The van der Waals surface area contributed by atoms with Crippen LogP contribution in [0.4, 0.5) is 5.69 Å². The van der Waals surface area contributed by atoms with E-state index in [0.717, 1.165) is 12.2 Å². The Hall–Kier alpha value is -1.53. The molecule has 0 saturated heterocycles. The highest BCUT2D eigenvalue weighted by atomic mass is 15.2. The fourth-order valence-electron chi connectivity index (χ4n) is 2.04. The molecular weight excluding hydrogens is 210 g/mol. The normalized spacial score (nSPS) is 12.7. The summed E-state index contributed by atoms with van der Waals surface area (Å²) in [4.78, 5) is 2.33. The first-order valence-electron chi connectivity index (χ1n) is 6.04. The molecule has 0 saturated carbocycles. The fourth-order valence-corrected chi connectivity index (χ4v) is 2.04. The van der Waals surface area contributed by atoms with Crippen molar-refractivity contribution >= 4 is 5.69 Å². The van der Waals surface area contributed by atoms with Gasteiger partial charge in [0.05, 0.1) is 6.07 Å². The number of hydrogen-bond acceptors (Lipinski definition) is 3. The van der Waals surface area contributed by atoms with Gasteiger partial charge in [-0.15, -0.1) is 0 Å². The number of nitrogens with zero attached hydrogens (tertiary/aromatic N) is 2. The van der Waals surface area contributed by atoms with Crippen molar-refractivity contribution < 1.29 is 0 Å². The standard InChI is InChI=1S/C14H21N3/c1-11(2)17(10-4-9-15)12(3)13-5-7-14(16)8-6-13/h5-8,11-12H,4,10,16H2,1-3H3. The topological polar surface area (TPSA) is 53.0 Å². The van der Waals surface area contributed by atoms with Crippen LogP contribution in [0.25, 0.3) is 0 Å². The third-order valence-corrected chi connectivity index (χ3v) is 3.06. The summed E-state index contributed by atoms with van der Waals surface area (Å²) < 4.78 is 0. The van der Waals surface area contributed by atoms with Crippen LogP contribution in [0.2, 0.25) is 0 Å². The number of benzene rings is 1. The lowest BCUT2D eigenvalue weighted by Gasteiger charge is -2.32. The van der Waals surface area contributed by atoms with Gasteiger partial charge in [0.2, 0.25) is 0 Å². The number of nitrogen functional groups attached to an aromatic ring is 1. The molecule has 1 rings (SSSR count). The predicted octanol–water partition coefficient (Wildman–Crippen LogP) is 2.95. The maximum atomic E-state index is 8.69. The highest BCUT2D eigenvalue weighted by molar-refractivity contribution is 5.40. The molecule has 1 aromatic rings. The van der Waals surface area contributed by atoms with E-state index in [1.165, 1.54) is 5.56 Å². The molecule has 3 nitrogen and oxygen atoms in total. The third kappa shape index (κ3) is 3.76. The van der Waals surface area contributed by atoms with E-state index in [1.54, 1.807) is 0 Å². The van der Waals surface area contributed by atoms with E-state index < -0.39 is 0 Å². The quantitative estimate of drug-likeness (QED) is 0.793. The minimum atomic E-state index is 0.309. The Bertz CT molecular complexity index is 375. The number of anilines is 1. The average Bonchev–Trinajstić information content (AvgIpc) is 2.29. The van der Waals surface area contributed by atoms with Gasteiger partial charge in [0.1, 0.15) is 0 Å². The molecule has 0 aromatic heterocycles. The van der Waals surface area contributed by atoms with Crippen LogP contribution in [-0.4, -0.2) is 17.5 Å². The summed E-state index contributed by atoms with van der Waals surface area (Å²) in [5.41, 5.74) is 7.71. The van der Waals surface area contributed by atoms with Gasteiger partial charge >= 0.3 is 0 Å². The molecule has 1 aromatic carbocycles. The van der Waals surface area contributed by atoms with Gasteiger partial charge < -0.3 is 5.73 Å². The lowest BCUT2D eigenvalue weighted by molar-refractivity contribution is 0.168. The minimum absolute atomic E-state index is 0.309. The molecule has 0 aliphatic rings. The van der Waals surface area contributed by atoms with Crippen LogP contribution in [0.5, 0.6) is 0 Å². The maximum absolute atomic E-state index is 8.69. The SMILES string of the molecule is CC(C)N(CCC#N)C(C)c1ccc(N)cc1. The smallest absolute Gasteiger partial charge is 0.0635 e. The lowest BCUT2D eigenvalue weighted by Crippen LogP contribution is -2.34. The first kappa shape index (κ1) is 13.5. The zero-order valence-corrected chi connectivity index (χ0v) is 10.9. The summed E-state index contributed by atoms with van der Waals surface area (Å²) in [6.45, 7) is 7.29. The molecule has 0 radical (unpaired) electrons. The molecule has 0 aliphatic carbocycles. The molecule has 0 spiro atoms. The predicted molar refractivity (Wildman–Crippen MR) is 71.3 cm³/mol. The van der Waals surface area contributed by atoms with Crippen molar-refractivity contribution in [1.29, 1.82) is 5.26 Å². The highest BCUT2D eigenvalue weighted by Gasteiger charge is 2.17. The van der Waals surface area contributed by atoms with E-state index >= 15 is 0 Å². The Balaban J connectivity index is 2.80. The van der Waals surface area contributed by atoms with Crippen molar-refractivity contribution in [3.05, 3.63) is 29.8 Å². The van der Waals surface area contributed by atoms with Gasteiger partial charge in [-0.2, -0.15) is 5.26 Å². The van der Waals surface area contributed by atoms with Crippen molar-refractivity contribution in [2.75, 3.05) is 12.3 Å². The van der Waals surface area contributed by atoms with Crippen LogP contribution in [0.3, 0.4) is 0 Å². The first-order valence-corrected chi connectivity index (χ1v) is 6.04. The van der Waals surface area contributed by atoms with Crippen LogP contribution >= 0.6 is 0 Å². The van der Waals surface area contributed by atoms with Crippen molar-refractivity contribution in [1.82, 2.24) is 4.90 Å². The summed E-state index contributed by atoms with van der Waals surface area (Å²) in [6.07, 6.45) is 0.567. The van der Waals surface area contributed by atoms with Crippen molar-refractivity contribution in [2.45, 2.75) is 39.3 Å². The third-order valence-electron chi connectivity index (χ3n) is 3.06. The molecule has 0 bridgehead atoms. The Morgan fingerprint density at radius 2 is 1.82 bits per heavy atom. The van der Waals surface area contributed by atoms with Gasteiger partial charge in [0.15, 0.2) is 0 Å². The zero-order chi connectivity index (χ0) is 12.8. The second kappa shape index (κ2) is 6.27. The molecule has 0 fully saturated rings. The maximum Gasteiger partial charge on any atom is 0.0635 e. The van der Waals surface area contributed by atoms with Gasteiger partial charge in [0.25, 0.3) is 0 Å². The molecule has 0 aliphatic heterocycles. The van der Waals surface area contributed by atoms with Crippen molar-refractivity contribution in [2.24, 2.45) is 0 Å². The molecule has 2 N–H and O–H groups in total. The van der Waals surface area contributed by atoms with E-state index in [0.29, 0.717) is 18.5 Å². The average molecular weight is 231 g/mol. The fraction of sp³-hybridized carbons (Fsp3) is 0.500. The summed E-state index contributed by atoms with van der Waals surface area (Å²) in [5, 5.41) is 8.69. The van der Waals surface area contributed by atoms with Gasteiger partial charge in [-0.1, -0.05) is 12.1 Å². The van der Waals surface area contributed by atoms with Crippen LogP contribution in [0.1, 0.15) is 38.8 Å². The van der Waals surface area contributed by atoms with E-state index in [2.05, 4.69) is 43.9 Å². The molecule has 0 heterocycles.